The molecule has 0 bridgehead atoms. The number of carbonyl (C=O) groups excluding carboxylic acids is 1. The second kappa shape index (κ2) is 9.39. The molecule has 1 N–H and O–H groups in total. The lowest BCUT2D eigenvalue weighted by Crippen LogP contribution is -2.23. The lowest BCUT2D eigenvalue weighted by molar-refractivity contribution is 0.0951. The summed E-state index contributed by atoms with van der Waals surface area (Å²) in [5, 5.41) is 7.75. The van der Waals surface area contributed by atoms with E-state index in [2.05, 4.69) is 5.32 Å². The van der Waals surface area contributed by atoms with Gasteiger partial charge in [-0.2, -0.15) is 5.10 Å². The number of hydrogen-bond acceptors (Lipinski definition) is 4. The molecule has 0 atom stereocenters. The Morgan fingerprint density at radius 1 is 0.969 bits per heavy atom. The van der Waals surface area contributed by atoms with Gasteiger partial charge in [0.15, 0.2) is 0 Å². The maximum atomic E-state index is 13.2. The molecule has 1 amide bonds. The van der Waals surface area contributed by atoms with Crippen LogP contribution in [-0.4, -0.2) is 29.9 Å². The SMILES string of the molecule is COc1ccc(-c2nn(-c3ccccc3)cc2C(=O)NCc2ccc(C)cc2)c(OC)c1. The molecule has 0 radical (unpaired) electrons. The summed E-state index contributed by atoms with van der Waals surface area (Å²) >= 11 is 0. The number of carbonyl (C=O) groups is 1. The Morgan fingerprint density at radius 2 is 1.72 bits per heavy atom. The third kappa shape index (κ3) is 4.49. The molecule has 0 saturated heterocycles. The van der Waals surface area contributed by atoms with Crippen molar-refractivity contribution in [1.29, 1.82) is 0 Å². The molecule has 0 saturated carbocycles. The summed E-state index contributed by atoms with van der Waals surface area (Å²) in [6, 6.07) is 23.2. The van der Waals surface area contributed by atoms with Gasteiger partial charge in [-0.25, -0.2) is 4.68 Å². The number of methoxy groups -OCH3 is 2. The zero-order valence-corrected chi connectivity index (χ0v) is 18.3. The highest BCUT2D eigenvalue weighted by molar-refractivity contribution is 6.00. The van der Waals surface area contributed by atoms with Gasteiger partial charge in [0.05, 0.1) is 25.5 Å². The zero-order chi connectivity index (χ0) is 22.5. The minimum absolute atomic E-state index is 0.208. The number of benzene rings is 3. The average molecular weight is 428 g/mol. The van der Waals surface area contributed by atoms with E-state index in [0.717, 1.165) is 11.3 Å². The van der Waals surface area contributed by atoms with Crippen LogP contribution in [0.1, 0.15) is 21.5 Å². The van der Waals surface area contributed by atoms with Crippen LogP contribution in [0, 0.1) is 6.92 Å². The van der Waals surface area contributed by atoms with E-state index in [1.165, 1.54) is 5.56 Å². The van der Waals surface area contributed by atoms with Gasteiger partial charge in [-0.15, -0.1) is 0 Å². The molecule has 32 heavy (non-hydrogen) atoms. The van der Waals surface area contributed by atoms with Crippen molar-refractivity contribution in [3.05, 3.63) is 95.7 Å². The second-order valence-corrected chi connectivity index (χ2v) is 7.41. The first-order valence-electron chi connectivity index (χ1n) is 10.3. The van der Waals surface area contributed by atoms with E-state index in [0.29, 0.717) is 34.9 Å². The Bertz CT molecular complexity index is 1220. The number of aryl methyl sites for hydroxylation is 1. The monoisotopic (exact) mass is 427 g/mol. The molecule has 162 valence electrons. The molecule has 0 fully saturated rings. The third-order valence-corrected chi connectivity index (χ3v) is 5.22. The Balaban J connectivity index is 1.72. The third-order valence-electron chi connectivity index (χ3n) is 5.22. The highest BCUT2D eigenvalue weighted by atomic mass is 16.5. The summed E-state index contributed by atoms with van der Waals surface area (Å²) in [5.41, 5.74) is 4.78. The van der Waals surface area contributed by atoms with Crippen LogP contribution in [0.2, 0.25) is 0 Å². The topological polar surface area (TPSA) is 65.4 Å². The molecular formula is C26H25N3O3. The van der Waals surface area contributed by atoms with E-state index in [-0.39, 0.29) is 5.91 Å². The minimum Gasteiger partial charge on any atom is -0.497 e. The standard InChI is InChI=1S/C26H25N3O3/c1-18-9-11-19(12-10-18)16-27-26(30)23-17-29(20-7-5-4-6-8-20)28-25(23)22-14-13-21(31-2)15-24(22)32-3/h4-15,17H,16H2,1-3H3,(H,27,30). The van der Waals surface area contributed by atoms with Crippen molar-refractivity contribution in [2.75, 3.05) is 14.2 Å². The van der Waals surface area contributed by atoms with Crippen LogP contribution in [0.4, 0.5) is 0 Å². The van der Waals surface area contributed by atoms with Crippen LogP contribution in [0.15, 0.2) is 79.0 Å². The van der Waals surface area contributed by atoms with Crippen molar-refractivity contribution < 1.29 is 14.3 Å². The van der Waals surface area contributed by atoms with E-state index in [9.17, 15) is 4.79 Å². The molecule has 0 spiro atoms. The first-order valence-corrected chi connectivity index (χ1v) is 10.3. The van der Waals surface area contributed by atoms with Crippen molar-refractivity contribution >= 4 is 5.91 Å². The number of amides is 1. The molecule has 0 unspecified atom stereocenters. The largest absolute Gasteiger partial charge is 0.497 e. The molecule has 4 rings (SSSR count). The number of ether oxygens (including phenoxy) is 2. The van der Waals surface area contributed by atoms with Crippen LogP contribution in [-0.2, 0) is 6.54 Å². The maximum Gasteiger partial charge on any atom is 0.255 e. The summed E-state index contributed by atoms with van der Waals surface area (Å²) in [6.07, 6.45) is 1.75. The Morgan fingerprint density at radius 3 is 2.41 bits per heavy atom. The fourth-order valence-corrected chi connectivity index (χ4v) is 3.43. The van der Waals surface area contributed by atoms with Crippen LogP contribution >= 0.6 is 0 Å². The van der Waals surface area contributed by atoms with Crippen molar-refractivity contribution in [3.8, 4) is 28.4 Å². The van der Waals surface area contributed by atoms with E-state index in [1.54, 1.807) is 31.2 Å². The van der Waals surface area contributed by atoms with Crippen LogP contribution in [0.5, 0.6) is 11.5 Å². The number of para-hydroxylation sites is 1. The summed E-state index contributed by atoms with van der Waals surface area (Å²) in [4.78, 5) is 13.2. The van der Waals surface area contributed by atoms with Gasteiger partial charge in [0.2, 0.25) is 0 Å². The smallest absolute Gasteiger partial charge is 0.255 e. The fourth-order valence-electron chi connectivity index (χ4n) is 3.43. The van der Waals surface area contributed by atoms with Crippen molar-refractivity contribution in [2.24, 2.45) is 0 Å². The number of hydrogen-bond donors (Lipinski definition) is 1. The number of aromatic nitrogens is 2. The second-order valence-electron chi connectivity index (χ2n) is 7.41. The number of nitrogens with one attached hydrogen (secondary N) is 1. The summed E-state index contributed by atoms with van der Waals surface area (Å²) in [7, 11) is 3.19. The molecule has 6 nitrogen and oxygen atoms in total. The first kappa shape index (κ1) is 21.2. The predicted octanol–water partition coefficient (Wildman–Crippen LogP) is 4.79. The van der Waals surface area contributed by atoms with Gasteiger partial charge in [-0.05, 0) is 36.8 Å². The van der Waals surface area contributed by atoms with Crippen LogP contribution in [0.3, 0.4) is 0 Å². The van der Waals surface area contributed by atoms with Gasteiger partial charge in [0.1, 0.15) is 17.2 Å². The van der Waals surface area contributed by atoms with Gasteiger partial charge in [0, 0.05) is 24.4 Å². The normalized spacial score (nSPS) is 10.6. The molecular weight excluding hydrogens is 402 g/mol. The van der Waals surface area contributed by atoms with Gasteiger partial charge >= 0.3 is 0 Å². The first-order chi connectivity index (χ1) is 15.6. The molecule has 0 aliphatic rings. The number of rotatable bonds is 7. The Labute approximate surface area is 187 Å². The van der Waals surface area contributed by atoms with Gasteiger partial charge in [0.25, 0.3) is 5.91 Å². The van der Waals surface area contributed by atoms with E-state index in [4.69, 9.17) is 14.6 Å². The highest BCUT2D eigenvalue weighted by Gasteiger charge is 2.21. The fraction of sp³-hybridized carbons (Fsp3) is 0.154. The van der Waals surface area contributed by atoms with Gasteiger partial charge in [-0.3, -0.25) is 4.79 Å². The minimum atomic E-state index is -0.208. The predicted molar refractivity (Wildman–Crippen MR) is 124 cm³/mol. The Kier molecular flexibility index (Phi) is 6.22. The molecule has 4 aromatic rings. The molecule has 1 heterocycles. The van der Waals surface area contributed by atoms with Gasteiger partial charge in [-0.1, -0.05) is 48.0 Å². The van der Waals surface area contributed by atoms with E-state index >= 15 is 0 Å². The van der Waals surface area contributed by atoms with Crippen LogP contribution in [0.25, 0.3) is 16.9 Å². The molecule has 0 aliphatic carbocycles. The van der Waals surface area contributed by atoms with Crippen molar-refractivity contribution in [1.82, 2.24) is 15.1 Å². The molecule has 6 heteroatoms. The molecule has 0 aliphatic heterocycles. The zero-order valence-electron chi connectivity index (χ0n) is 18.3. The van der Waals surface area contributed by atoms with E-state index < -0.39 is 0 Å². The average Bonchev–Trinajstić information content (AvgIpc) is 3.29. The Hall–Kier alpha value is -4.06. The summed E-state index contributed by atoms with van der Waals surface area (Å²) in [5.74, 6) is 1.04. The summed E-state index contributed by atoms with van der Waals surface area (Å²) < 4.78 is 12.6. The van der Waals surface area contributed by atoms with Crippen molar-refractivity contribution in [2.45, 2.75) is 13.5 Å². The quantitative estimate of drug-likeness (QED) is 0.460. The summed E-state index contributed by atoms with van der Waals surface area (Å²) in [6.45, 7) is 2.46. The number of nitrogens with zero attached hydrogens (tertiary/aromatic N) is 2. The maximum absolute atomic E-state index is 13.2. The van der Waals surface area contributed by atoms with Crippen molar-refractivity contribution in [3.63, 3.8) is 0 Å². The lowest BCUT2D eigenvalue weighted by Gasteiger charge is -2.10. The van der Waals surface area contributed by atoms with Crippen LogP contribution < -0.4 is 14.8 Å². The van der Waals surface area contributed by atoms with E-state index in [1.807, 2.05) is 73.7 Å². The molecule has 3 aromatic carbocycles. The molecule has 1 aromatic heterocycles. The highest BCUT2D eigenvalue weighted by Crippen LogP contribution is 2.34. The lowest BCUT2D eigenvalue weighted by atomic mass is 10.1. The van der Waals surface area contributed by atoms with Gasteiger partial charge < -0.3 is 14.8 Å².